The largest absolute Gasteiger partial charge is 0.476 e. The number of hydrogen-bond acceptors (Lipinski definition) is 4. The zero-order valence-electron chi connectivity index (χ0n) is 20.4. The van der Waals surface area contributed by atoms with Crippen molar-refractivity contribution in [2.24, 2.45) is 0 Å². The molecule has 0 amide bonds. The summed E-state index contributed by atoms with van der Waals surface area (Å²) in [6.07, 6.45) is -0.382. The summed E-state index contributed by atoms with van der Waals surface area (Å²) in [5.41, 5.74) is 4.51. The van der Waals surface area contributed by atoms with E-state index in [2.05, 4.69) is 98.0 Å². The van der Waals surface area contributed by atoms with Crippen LogP contribution in [0.25, 0.3) is 32.0 Å². The van der Waals surface area contributed by atoms with E-state index in [4.69, 9.17) is 9.47 Å². The van der Waals surface area contributed by atoms with Crippen molar-refractivity contribution >= 4 is 86.0 Å². The van der Waals surface area contributed by atoms with E-state index in [-0.39, 0.29) is 0 Å². The fourth-order valence-electron chi connectivity index (χ4n) is 4.62. The molecule has 1 aromatic heterocycles. The van der Waals surface area contributed by atoms with Crippen LogP contribution in [0.2, 0.25) is 0 Å². The van der Waals surface area contributed by atoms with Crippen LogP contribution in [0.3, 0.4) is 0 Å². The molecule has 1 unspecified atom stereocenters. The molecule has 7 heteroatoms. The van der Waals surface area contributed by atoms with Gasteiger partial charge in [0.05, 0.1) is 20.8 Å². The highest BCUT2D eigenvalue weighted by atomic mass is 79.9. The number of thiophene rings is 1. The lowest BCUT2D eigenvalue weighted by atomic mass is 9.93. The van der Waals surface area contributed by atoms with Crippen molar-refractivity contribution in [2.75, 3.05) is 7.11 Å². The molecule has 1 atom stereocenters. The molecule has 0 radical (unpaired) electrons. The van der Waals surface area contributed by atoms with Gasteiger partial charge in [-0.3, -0.25) is 0 Å². The predicted molar refractivity (Wildman–Crippen MR) is 164 cm³/mol. The van der Waals surface area contributed by atoms with Gasteiger partial charge in [0.25, 0.3) is 0 Å². The Morgan fingerprint density at radius 2 is 1.54 bits per heavy atom. The first kappa shape index (κ1) is 26.4. The molecule has 4 aromatic carbocycles. The first-order chi connectivity index (χ1) is 17.8. The second kappa shape index (κ2) is 10.9. The Bertz CT molecular complexity index is 1620. The molecule has 0 N–H and O–H groups in total. The van der Waals surface area contributed by atoms with Crippen molar-refractivity contribution in [3.8, 4) is 16.9 Å². The normalized spacial score (nSPS) is 12.2. The molecule has 0 bridgehead atoms. The lowest BCUT2D eigenvalue weighted by molar-refractivity contribution is -0.148. The number of esters is 1. The minimum absolute atomic E-state index is 0.402. The van der Waals surface area contributed by atoms with E-state index in [9.17, 15) is 4.79 Å². The second-order valence-electron chi connectivity index (χ2n) is 8.81. The summed E-state index contributed by atoms with van der Waals surface area (Å²) >= 11 is 13.2. The third-order valence-electron chi connectivity index (χ3n) is 6.54. The van der Waals surface area contributed by atoms with Crippen LogP contribution in [0.4, 0.5) is 0 Å². The van der Waals surface area contributed by atoms with Gasteiger partial charge in [0.15, 0.2) is 6.10 Å². The average Bonchev–Trinajstić information content (AvgIpc) is 3.20. The van der Waals surface area contributed by atoms with Crippen LogP contribution in [-0.2, 0) is 16.0 Å². The third kappa shape index (κ3) is 4.99. The second-order valence-corrected chi connectivity index (χ2v) is 12.5. The van der Waals surface area contributed by atoms with Crippen molar-refractivity contribution in [3.63, 3.8) is 0 Å². The molecule has 5 rings (SSSR count). The molecule has 0 fully saturated rings. The van der Waals surface area contributed by atoms with Gasteiger partial charge in [0, 0.05) is 21.2 Å². The zero-order chi connectivity index (χ0) is 26.3. The van der Waals surface area contributed by atoms with E-state index in [1.807, 2.05) is 41.7 Å². The number of rotatable bonds is 6. The van der Waals surface area contributed by atoms with E-state index in [0.29, 0.717) is 12.2 Å². The Balaban J connectivity index is 1.64. The monoisotopic (exact) mass is 700 g/mol. The topological polar surface area (TPSA) is 35.5 Å². The summed E-state index contributed by atoms with van der Waals surface area (Å²) in [5.74, 6) is 0.141. The van der Waals surface area contributed by atoms with E-state index < -0.39 is 12.1 Å². The van der Waals surface area contributed by atoms with Gasteiger partial charge in [0.2, 0.25) is 0 Å². The van der Waals surface area contributed by atoms with Crippen LogP contribution in [0.5, 0.6) is 5.75 Å². The predicted octanol–water partition coefficient (Wildman–Crippen LogP) is 9.79. The van der Waals surface area contributed by atoms with Gasteiger partial charge >= 0.3 is 5.97 Å². The quantitative estimate of drug-likeness (QED) is 0.165. The maximum absolute atomic E-state index is 12.6. The number of carbonyl (C=O) groups is 1. The van der Waals surface area contributed by atoms with Gasteiger partial charge in [-0.1, -0.05) is 54.6 Å². The van der Waals surface area contributed by atoms with Gasteiger partial charge in [-0.05, 0) is 107 Å². The summed E-state index contributed by atoms with van der Waals surface area (Å²) in [6, 6.07) is 22.4. The van der Waals surface area contributed by atoms with Crippen LogP contribution >= 0.6 is 59.1 Å². The molecular formula is C30H23Br3O3S. The van der Waals surface area contributed by atoms with Crippen LogP contribution in [0.15, 0.2) is 80.1 Å². The highest BCUT2D eigenvalue weighted by Gasteiger charge is 2.25. The Morgan fingerprint density at radius 1 is 0.919 bits per heavy atom. The molecule has 3 nitrogen and oxygen atoms in total. The van der Waals surface area contributed by atoms with Gasteiger partial charge in [-0.25, -0.2) is 4.79 Å². The van der Waals surface area contributed by atoms with Crippen LogP contribution < -0.4 is 4.74 Å². The zero-order valence-corrected chi connectivity index (χ0v) is 26.0. The number of aryl methyl sites for hydroxylation is 2. The molecule has 0 spiro atoms. The lowest BCUT2D eigenvalue weighted by Crippen LogP contribution is -2.31. The molecule has 0 aliphatic rings. The van der Waals surface area contributed by atoms with Crippen LogP contribution in [-0.4, -0.2) is 19.2 Å². The number of hydrogen-bond donors (Lipinski definition) is 0. The summed E-state index contributed by atoms with van der Waals surface area (Å²) in [7, 11) is 1.38. The number of ether oxygens (including phenoxy) is 2. The van der Waals surface area contributed by atoms with Crippen LogP contribution in [0, 0.1) is 13.8 Å². The number of carbonyl (C=O) groups excluding carboxylic acids is 1. The Hall–Kier alpha value is -2.19. The fraction of sp³-hybridized carbons (Fsp3) is 0.167. The van der Waals surface area contributed by atoms with Gasteiger partial charge < -0.3 is 9.47 Å². The van der Waals surface area contributed by atoms with Gasteiger partial charge in [-0.2, -0.15) is 0 Å². The van der Waals surface area contributed by atoms with Crippen LogP contribution in [0.1, 0.15) is 16.0 Å². The smallest absolute Gasteiger partial charge is 0.347 e. The molecule has 0 saturated heterocycles. The summed E-state index contributed by atoms with van der Waals surface area (Å²) in [6.45, 7) is 4.36. The molecule has 0 saturated carbocycles. The minimum Gasteiger partial charge on any atom is -0.476 e. The van der Waals surface area contributed by atoms with E-state index in [1.54, 1.807) is 0 Å². The average molecular weight is 703 g/mol. The van der Waals surface area contributed by atoms with E-state index in [0.717, 1.165) is 24.5 Å². The molecule has 5 aromatic rings. The summed E-state index contributed by atoms with van der Waals surface area (Å²) in [5, 5.41) is 3.59. The first-order valence-corrected chi connectivity index (χ1v) is 14.9. The number of fused-ring (bicyclic) bond motifs is 2. The standard InChI is InChI=1S/C30H23Br3O3S/c1-16-17(2)37-29-25(16)26(20-11-7-8-12-21(20)27(29)33)19-14-22(31)28(23(32)15-19)36-24(30(34)35-3)13-18-9-5-4-6-10-18/h4-12,14-15,24H,13H2,1-3H3. The maximum Gasteiger partial charge on any atom is 0.347 e. The summed E-state index contributed by atoms with van der Waals surface area (Å²) < 4.78 is 15.2. The van der Waals surface area contributed by atoms with Crippen molar-refractivity contribution in [3.05, 3.63) is 96.2 Å². The van der Waals surface area contributed by atoms with Crippen molar-refractivity contribution in [1.82, 2.24) is 0 Å². The molecule has 0 aliphatic heterocycles. The SMILES string of the molecule is COC(=O)C(Cc1ccccc1)Oc1c(Br)cc(-c2c3ccccc3c(Br)c3sc(C)c(C)c23)cc1Br. The van der Waals surface area contributed by atoms with Crippen molar-refractivity contribution in [2.45, 2.75) is 26.4 Å². The third-order valence-corrected chi connectivity index (χ3v) is 10.0. The molecule has 1 heterocycles. The van der Waals surface area contributed by atoms with E-state index in [1.165, 1.54) is 44.0 Å². The van der Waals surface area contributed by atoms with Crippen molar-refractivity contribution < 1.29 is 14.3 Å². The highest BCUT2D eigenvalue weighted by molar-refractivity contribution is 9.11. The molecule has 37 heavy (non-hydrogen) atoms. The lowest BCUT2D eigenvalue weighted by Gasteiger charge is -2.20. The maximum atomic E-state index is 12.6. The van der Waals surface area contributed by atoms with Crippen molar-refractivity contribution in [1.29, 1.82) is 0 Å². The Labute approximate surface area is 245 Å². The Morgan fingerprint density at radius 3 is 2.19 bits per heavy atom. The first-order valence-electron chi connectivity index (χ1n) is 11.7. The fourth-order valence-corrected chi connectivity index (χ4v) is 7.90. The summed E-state index contributed by atoms with van der Waals surface area (Å²) in [4.78, 5) is 13.9. The molecule has 188 valence electrons. The number of halogens is 3. The highest BCUT2D eigenvalue weighted by Crippen LogP contribution is 2.49. The Kier molecular flexibility index (Phi) is 7.78. The number of benzene rings is 4. The van der Waals surface area contributed by atoms with E-state index >= 15 is 0 Å². The van der Waals surface area contributed by atoms with Gasteiger partial charge in [-0.15, -0.1) is 11.3 Å². The number of methoxy groups -OCH3 is 1. The molecular weight excluding hydrogens is 680 g/mol. The minimum atomic E-state index is -0.784. The molecule has 0 aliphatic carbocycles. The van der Waals surface area contributed by atoms with Gasteiger partial charge in [0.1, 0.15) is 5.75 Å².